The highest BCUT2D eigenvalue weighted by atomic mass is 35.5. The van der Waals surface area contributed by atoms with Gasteiger partial charge in [0.15, 0.2) is 6.29 Å². The van der Waals surface area contributed by atoms with Crippen molar-refractivity contribution in [3.8, 4) is 0 Å². The van der Waals surface area contributed by atoms with Crippen LogP contribution in [-0.4, -0.2) is 21.1 Å². The van der Waals surface area contributed by atoms with E-state index in [1.165, 1.54) is 0 Å². The standard InChI is InChI=1S/C16H15Cl2NO5S/c17-11-7-4-8-12(18)14(11)15-13(9-22-25(19,20)21)23-16(24-15)10-5-2-1-3-6-10/h1-8,13,15-16H,9H2,(H2,19,20,21)/t13-,15+,16?/m1/s1. The molecule has 1 fully saturated rings. The van der Waals surface area contributed by atoms with Gasteiger partial charge in [0.2, 0.25) is 0 Å². The molecule has 1 unspecified atom stereocenters. The Morgan fingerprint density at radius 3 is 2.24 bits per heavy atom. The van der Waals surface area contributed by atoms with Crippen LogP contribution in [0.4, 0.5) is 0 Å². The summed E-state index contributed by atoms with van der Waals surface area (Å²) in [6, 6.07) is 14.2. The number of hydrogen-bond donors (Lipinski definition) is 1. The van der Waals surface area contributed by atoms with E-state index in [0.717, 1.165) is 5.56 Å². The lowest BCUT2D eigenvalue weighted by molar-refractivity contribution is -0.0727. The van der Waals surface area contributed by atoms with Gasteiger partial charge in [0, 0.05) is 21.2 Å². The first kappa shape index (κ1) is 18.6. The van der Waals surface area contributed by atoms with Crippen LogP contribution in [-0.2, 0) is 24.0 Å². The third-order valence-corrected chi connectivity index (χ3v) is 4.78. The van der Waals surface area contributed by atoms with Crippen LogP contribution < -0.4 is 5.14 Å². The molecule has 134 valence electrons. The average molecular weight is 404 g/mol. The lowest BCUT2D eigenvalue weighted by Gasteiger charge is -2.18. The molecule has 1 aliphatic rings. The largest absolute Gasteiger partial charge is 0.340 e. The van der Waals surface area contributed by atoms with E-state index in [1.807, 2.05) is 30.3 Å². The second-order valence-electron chi connectivity index (χ2n) is 5.39. The van der Waals surface area contributed by atoms with Crippen LogP contribution in [0.15, 0.2) is 48.5 Å². The van der Waals surface area contributed by atoms with Gasteiger partial charge in [0.25, 0.3) is 0 Å². The van der Waals surface area contributed by atoms with Gasteiger partial charge in [-0.2, -0.15) is 8.42 Å². The first-order valence-electron chi connectivity index (χ1n) is 7.32. The van der Waals surface area contributed by atoms with Crippen molar-refractivity contribution in [3.63, 3.8) is 0 Å². The highest BCUT2D eigenvalue weighted by Crippen LogP contribution is 2.44. The fraction of sp³-hybridized carbons (Fsp3) is 0.250. The molecule has 2 aromatic rings. The maximum absolute atomic E-state index is 11.1. The van der Waals surface area contributed by atoms with Crippen molar-refractivity contribution in [2.45, 2.75) is 18.5 Å². The number of rotatable bonds is 5. The molecule has 9 heteroatoms. The average Bonchev–Trinajstić information content (AvgIpc) is 2.97. The predicted molar refractivity (Wildman–Crippen MR) is 93.4 cm³/mol. The van der Waals surface area contributed by atoms with Gasteiger partial charge in [0.05, 0.1) is 6.61 Å². The van der Waals surface area contributed by atoms with Crippen molar-refractivity contribution in [1.82, 2.24) is 0 Å². The van der Waals surface area contributed by atoms with Gasteiger partial charge in [-0.3, -0.25) is 4.18 Å². The zero-order valence-corrected chi connectivity index (χ0v) is 15.2. The molecule has 0 radical (unpaired) electrons. The van der Waals surface area contributed by atoms with Crippen molar-refractivity contribution < 1.29 is 22.1 Å². The van der Waals surface area contributed by atoms with Crippen molar-refractivity contribution >= 4 is 33.5 Å². The lowest BCUT2D eigenvalue weighted by atomic mass is 10.0. The molecular formula is C16H15Cl2NO5S. The molecule has 0 saturated carbocycles. The summed E-state index contributed by atoms with van der Waals surface area (Å²) < 4.78 is 38.7. The topological polar surface area (TPSA) is 87.9 Å². The smallest absolute Gasteiger partial charge is 0.333 e. The van der Waals surface area contributed by atoms with Crippen LogP contribution in [0.1, 0.15) is 23.5 Å². The van der Waals surface area contributed by atoms with Crippen LogP contribution in [0.3, 0.4) is 0 Å². The van der Waals surface area contributed by atoms with E-state index in [-0.39, 0.29) is 6.61 Å². The van der Waals surface area contributed by atoms with E-state index in [9.17, 15) is 8.42 Å². The van der Waals surface area contributed by atoms with Crippen molar-refractivity contribution in [2.75, 3.05) is 6.61 Å². The molecule has 0 bridgehead atoms. The Kier molecular flexibility index (Phi) is 5.65. The third kappa shape index (κ3) is 4.51. The van der Waals surface area contributed by atoms with Gasteiger partial charge >= 0.3 is 10.3 Å². The monoisotopic (exact) mass is 403 g/mol. The molecule has 0 spiro atoms. The molecule has 25 heavy (non-hydrogen) atoms. The fourth-order valence-electron chi connectivity index (χ4n) is 2.58. The molecule has 6 nitrogen and oxygen atoms in total. The number of ether oxygens (including phenoxy) is 2. The van der Waals surface area contributed by atoms with E-state index in [1.54, 1.807) is 18.2 Å². The van der Waals surface area contributed by atoms with Crippen LogP contribution in [0.5, 0.6) is 0 Å². The van der Waals surface area contributed by atoms with E-state index in [2.05, 4.69) is 4.18 Å². The molecule has 0 aromatic heterocycles. The van der Waals surface area contributed by atoms with Gasteiger partial charge in [-0.1, -0.05) is 59.6 Å². The third-order valence-electron chi connectivity index (χ3n) is 3.66. The Morgan fingerprint density at radius 2 is 1.64 bits per heavy atom. The highest BCUT2D eigenvalue weighted by molar-refractivity contribution is 7.84. The summed E-state index contributed by atoms with van der Waals surface area (Å²) >= 11 is 12.5. The number of hydrogen-bond acceptors (Lipinski definition) is 5. The minimum absolute atomic E-state index is 0.325. The molecular weight excluding hydrogens is 389 g/mol. The summed E-state index contributed by atoms with van der Waals surface area (Å²) in [4.78, 5) is 0. The maximum Gasteiger partial charge on any atom is 0.333 e. The lowest BCUT2D eigenvalue weighted by Crippen LogP contribution is -2.27. The second-order valence-corrected chi connectivity index (χ2v) is 7.42. The molecule has 3 atom stereocenters. The van der Waals surface area contributed by atoms with Crippen LogP contribution in [0, 0.1) is 0 Å². The van der Waals surface area contributed by atoms with Crippen LogP contribution in [0.2, 0.25) is 10.0 Å². The maximum atomic E-state index is 11.1. The zero-order valence-electron chi connectivity index (χ0n) is 12.8. The van der Waals surface area contributed by atoms with E-state index in [4.69, 9.17) is 37.8 Å². The number of halogens is 2. The van der Waals surface area contributed by atoms with Crippen molar-refractivity contribution in [3.05, 3.63) is 69.7 Å². The first-order valence-corrected chi connectivity index (χ1v) is 9.55. The normalized spacial score (nSPS) is 23.7. The van der Waals surface area contributed by atoms with E-state index < -0.39 is 28.8 Å². The van der Waals surface area contributed by atoms with Crippen molar-refractivity contribution in [2.24, 2.45) is 5.14 Å². The highest BCUT2D eigenvalue weighted by Gasteiger charge is 2.40. The molecule has 1 heterocycles. The molecule has 0 aliphatic carbocycles. The first-order chi connectivity index (χ1) is 11.8. The Labute approximate surface area is 155 Å². The Bertz CT molecular complexity index is 827. The summed E-state index contributed by atoms with van der Waals surface area (Å²) in [5.74, 6) is 0. The minimum Gasteiger partial charge on any atom is -0.340 e. The molecule has 0 amide bonds. The second kappa shape index (κ2) is 7.59. The quantitative estimate of drug-likeness (QED) is 0.826. The van der Waals surface area contributed by atoms with Gasteiger partial charge in [0.1, 0.15) is 12.2 Å². The van der Waals surface area contributed by atoms with Gasteiger partial charge in [-0.05, 0) is 12.1 Å². The fourth-order valence-corrected chi connectivity index (χ4v) is 3.51. The van der Waals surface area contributed by atoms with Crippen LogP contribution >= 0.6 is 23.2 Å². The zero-order chi connectivity index (χ0) is 18.0. The summed E-state index contributed by atoms with van der Waals surface area (Å²) in [6.07, 6.45) is -2.19. The van der Waals surface area contributed by atoms with Gasteiger partial charge < -0.3 is 9.47 Å². The Balaban J connectivity index is 1.91. The van der Waals surface area contributed by atoms with Gasteiger partial charge in [-0.15, -0.1) is 0 Å². The van der Waals surface area contributed by atoms with Gasteiger partial charge in [-0.25, -0.2) is 5.14 Å². The molecule has 3 rings (SSSR count). The van der Waals surface area contributed by atoms with Crippen LogP contribution in [0.25, 0.3) is 0 Å². The summed E-state index contributed by atoms with van der Waals surface area (Å²) in [7, 11) is -4.12. The molecule has 1 saturated heterocycles. The predicted octanol–water partition coefficient (Wildman–Crippen LogP) is 3.37. The molecule has 2 N–H and O–H groups in total. The summed E-state index contributed by atoms with van der Waals surface area (Å²) in [5, 5.41) is 5.67. The number of benzene rings is 2. The van der Waals surface area contributed by atoms with E-state index in [0.29, 0.717) is 15.6 Å². The van der Waals surface area contributed by atoms with E-state index >= 15 is 0 Å². The molecule has 2 aromatic carbocycles. The number of nitrogens with two attached hydrogens (primary N) is 1. The summed E-state index contributed by atoms with van der Waals surface area (Å²) in [6.45, 7) is -0.325. The Hall–Kier alpha value is -1.19. The molecule has 1 aliphatic heterocycles. The minimum atomic E-state index is -4.12. The van der Waals surface area contributed by atoms with Crippen molar-refractivity contribution in [1.29, 1.82) is 0 Å². The Morgan fingerprint density at radius 1 is 1.00 bits per heavy atom. The summed E-state index contributed by atoms with van der Waals surface area (Å²) in [5.41, 5.74) is 1.28. The SMILES string of the molecule is NS(=O)(=O)OC[C@H]1OC(c2ccccc2)O[C@@H]1c1c(Cl)cccc1Cl.